The van der Waals surface area contributed by atoms with Gasteiger partial charge in [0.2, 0.25) is 0 Å². The minimum atomic E-state index is -0.249. The van der Waals surface area contributed by atoms with Crippen LogP contribution in [-0.2, 0) is 9.47 Å². The first-order valence-electron chi connectivity index (χ1n) is 9.41. The molecule has 1 fully saturated rings. The highest BCUT2D eigenvalue weighted by molar-refractivity contribution is 4.87. The molecule has 1 heterocycles. The van der Waals surface area contributed by atoms with Crippen LogP contribution < -0.4 is 0 Å². The van der Waals surface area contributed by atoms with Crippen molar-refractivity contribution in [3.05, 3.63) is 12.2 Å². The number of rotatable bonds is 13. The van der Waals surface area contributed by atoms with Gasteiger partial charge in [0.25, 0.3) is 0 Å². The summed E-state index contributed by atoms with van der Waals surface area (Å²) < 4.78 is 11.3. The largest absolute Gasteiger partial charge is 0.389 e. The van der Waals surface area contributed by atoms with E-state index in [2.05, 4.69) is 6.08 Å². The average Bonchev–Trinajstić information content (AvgIpc) is 2.56. The smallest absolute Gasteiger partial charge is 0.157 e. The molecule has 0 saturated carbocycles. The Balaban J connectivity index is 1.75. The first-order valence-corrected chi connectivity index (χ1v) is 9.41. The van der Waals surface area contributed by atoms with Gasteiger partial charge in [0.1, 0.15) is 0 Å². The maximum absolute atomic E-state index is 9.38. The Hall–Kier alpha value is -0.380. The second-order valence-corrected chi connectivity index (χ2v) is 6.33. The molecule has 2 atom stereocenters. The Morgan fingerprint density at radius 3 is 2.50 bits per heavy atom. The highest BCUT2D eigenvalue weighted by Gasteiger charge is 2.13. The zero-order valence-electron chi connectivity index (χ0n) is 14.5. The van der Waals surface area contributed by atoms with E-state index in [-0.39, 0.29) is 12.4 Å². The van der Waals surface area contributed by atoms with Gasteiger partial charge >= 0.3 is 0 Å². The zero-order chi connectivity index (χ0) is 15.9. The number of aliphatic hydroxyl groups is 1. The molecule has 1 saturated heterocycles. The third-order valence-corrected chi connectivity index (χ3v) is 4.23. The average molecular weight is 312 g/mol. The van der Waals surface area contributed by atoms with Gasteiger partial charge in [-0.1, -0.05) is 51.2 Å². The topological polar surface area (TPSA) is 38.7 Å². The summed E-state index contributed by atoms with van der Waals surface area (Å²) in [5, 5.41) is 9.38. The van der Waals surface area contributed by atoms with Gasteiger partial charge in [-0.2, -0.15) is 0 Å². The van der Waals surface area contributed by atoms with Gasteiger partial charge in [-0.15, -0.1) is 0 Å². The lowest BCUT2D eigenvalue weighted by Gasteiger charge is -2.22. The SMILES string of the molecule is CCC(O)/C=C\CCCCCCCCCOC1CCCCO1. The lowest BCUT2D eigenvalue weighted by Crippen LogP contribution is -2.22. The van der Waals surface area contributed by atoms with E-state index in [4.69, 9.17) is 9.47 Å². The summed E-state index contributed by atoms with van der Waals surface area (Å²) in [7, 11) is 0. The normalized spacial score (nSPS) is 20.5. The van der Waals surface area contributed by atoms with Gasteiger partial charge in [-0.05, 0) is 44.9 Å². The van der Waals surface area contributed by atoms with Gasteiger partial charge in [-0.3, -0.25) is 0 Å². The molecule has 0 amide bonds. The predicted molar refractivity (Wildman–Crippen MR) is 91.9 cm³/mol. The fourth-order valence-electron chi connectivity index (χ4n) is 2.69. The fraction of sp³-hybridized carbons (Fsp3) is 0.895. The quantitative estimate of drug-likeness (QED) is 0.385. The van der Waals surface area contributed by atoms with E-state index < -0.39 is 0 Å². The second-order valence-electron chi connectivity index (χ2n) is 6.33. The summed E-state index contributed by atoms with van der Waals surface area (Å²) in [6, 6.07) is 0. The Labute approximate surface area is 137 Å². The zero-order valence-corrected chi connectivity index (χ0v) is 14.5. The van der Waals surface area contributed by atoms with Crippen molar-refractivity contribution in [3.63, 3.8) is 0 Å². The molecule has 130 valence electrons. The Kier molecular flexibility index (Phi) is 12.7. The maximum atomic E-state index is 9.38. The Bertz CT molecular complexity index is 259. The van der Waals surface area contributed by atoms with Crippen LogP contribution >= 0.6 is 0 Å². The van der Waals surface area contributed by atoms with Crippen molar-refractivity contribution in [1.82, 2.24) is 0 Å². The van der Waals surface area contributed by atoms with Crippen molar-refractivity contribution in [1.29, 1.82) is 0 Å². The summed E-state index contributed by atoms with van der Waals surface area (Å²) in [4.78, 5) is 0. The Morgan fingerprint density at radius 1 is 1.09 bits per heavy atom. The minimum Gasteiger partial charge on any atom is -0.389 e. The molecule has 0 aromatic rings. The molecule has 2 unspecified atom stereocenters. The third-order valence-electron chi connectivity index (χ3n) is 4.23. The van der Waals surface area contributed by atoms with E-state index in [9.17, 15) is 5.11 Å². The second kappa shape index (κ2) is 14.2. The molecule has 3 nitrogen and oxygen atoms in total. The van der Waals surface area contributed by atoms with E-state index in [1.54, 1.807) is 0 Å². The third kappa shape index (κ3) is 11.2. The summed E-state index contributed by atoms with van der Waals surface area (Å²) in [5.41, 5.74) is 0. The van der Waals surface area contributed by atoms with Gasteiger partial charge in [-0.25, -0.2) is 0 Å². The highest BCUT2D eigenvalue weighted by atomic mass is 16.7. The van der Waals surface area contributed by atoms with Gasteiger partial charge in [0.15, 0.2) is 6.29 Å². The van der Waals surface area contributed by atoms with Gasteiger partial charge in [0, 0.05) is 13.2 Å². The van der Waals surface area contributed by atoms with Crippen molar-refractivity contribution in [3.8, 4) is 0 Å². The summed E-state index contributed by atoms with van der Waals surface area (Å²) >= 11 is 0. The van der Waals surface area contributed by atoms with Crippen LogP contribution in [0.3, 0.4) is 0 Å². The van der Waals surface area contributed by atoms with E-state index in [0.29, 0.717) is 0 Å². The Morgan fingerprint density at radius 2 is 1.82 bits per heavy atom. The molecule has 0 aromatic carbocycles. The molecule has 1 N–H and O–H groups in total. The van der Waals surface area contributed by atoms with E-state index in [0.717, 1.165) is 38.9 Å². The van der Waals surface area contributed by atoms with Crippen LogP contribution in [-0.4, -0.2) is 30.7 Å². The summed E-state index contributed by atoms with van der Waals surface area (Å²) in [5.74, 6) is 0. The van der Waals surface area contributed by atoms with Crippen molar-refractivity contribution in [2.24, 2.45) is 0 Å². The van der Waals surface area contributed by atoms with Crippen molar-refractivity contribution >= 4 is 0 Å². The summed E-state index contributed by atoms with van der Waals surface area (Å²) in [6.07, 6.45) is 18.3. The molecule has 0 radical (unpaired) electrons. The lowest BCUT2D eigenvalue weighted by molar-refractivity contribution is -0.162. The van der Waals surface area contributed by atoms with Gasteiger partial charge in [0.05, 0.1) is 6.10 Å². The molecule has 3 heteroatoms. The number of aliphatic hydroxyl groups excluding tert-OH is 1. The fourth-order valence-corrected chi connectivity index (χ4v) is 2.69. The highest BCUT2D eigenvalue weighted by Crippen LogP contribution is 2.14. The van der Waals surface area contributed by atoms with Crippen LogP contribution in [0.1, 0.15) is 84.0 Å². The number of hydrogen-bond donors (Lipinski definition) is 1. The standard InChI is InChI=1S/C19H36O3/c1-2-18(20)14-10-8-6-4-3-5-7-9-12-16-21-19-15-11-13-17-22-19/h10,14,18-20H,2-9,11-13,15-17H2,1H3/b14-10-. The monoisotopic (exact) mass is 312 g/mol. The molecule has 0 aromatic heterocycles. The van der Waals surface area contributed by atoms with Crippen LogP contribution in [0, 0.1) is 0 Å². The number of ether oxygens (including phenoxy) is 2. The number of allylic oxidation sites excluding steroid dienone is 1. The molecule has 22 heavy (non-hydrogen) atoms. The van der Waals surface area contributed by atoms with Crippen LogP contribution in [0.15, 0.2) is 12.2 Å². The van der Waals surface area contributed by atoms with Crippen LogP contribution in [0.5, 0.6) is 0 Å². The van der Waals surface area contributed by atoms with Gasteiger partial charge < -0.3 is 14.6 Å². The molecule has 0 aliphatic carbocycles. The first kappa shape index (κ1) is 19.7. The van der Waals surface area contributed by atoms with Crippen molar-refractivity contribution < 1.29 is 14.6 Å². The molecule has 0 spiro atoms. The molecule has 1 aliphatic rings. The maximum Gasteiger partial charge on any atom is 0.157 e. The predicted octanol–water partition coefficient (Wildman–Crippen LogP) is 4.98. The first-order chi connectivity index (χ1) is 10.8. The summed E-state index contributed by atoms with van der Waals surface area (Å²) in [6.45, 7) is 3.73. The van der Waals surface area contributed by atoms with E-state index in [1.807, 2.05) is 13.0 Å². The molecular weight excluding hydrogens is 276 g/mol. The van der Waals surface area contributed by atoms with E-state index in [1.165, 1.54) is 51.4 Å². The van der Waals surface area contributed by atoms with E-state index >= 15 is 0 Å². The van der Waals surface area contributed by atoms with Crippen LogP contribution in [0.25, 0.3) is 0 Å². The van der Waals surface area contributed by atoms with Crippen LogP contribution in [0.4, 0.5) is 0 Å². The minimum absolute atomic E-state index is 0.0769. The van der Waals surface area contributed by atoms with Crippen molar-refractivity contribution in [2.75, 3.05) is 13.2 Å². The number of hydrogen-bond acceptors (Lipinski definition) is 3. The molecule has 1 rings (SSSR count). The van der Waals surface area contributed by atoms with Crippen LogP contribution in [0.2, 0.25) is 0 Å². The molecule has 0 bridgehead atoms. The lowest BCUT2D eigenvalue weighted by atomic mass is 10.1. The molecule has 1 aliphatic heterocycles. The van der Waals surface area contributed by atoms with Crippen molar-refractivity contribution in [2.45, 2.75) is 96.4 Å². The number of unbranched alkanes of at least 4 members (excludes halogenated alkanes) is 7. The molecular formula is C19H36O3.